The molecule has 5 heteroatoms. The molecule has 0 aliphatic carbocycles. The van der Waals surface area contributed by atoms with E-state index in [0.29, 0.717) is 6.54 Å². The van der Waals surface area contributed by atoms with Gasteiger partial charge in [0.15, 0.2) is 0 Å². The van der Waals surface area contributed by atoms with Gasteiger partial charge in [0.05, 0.1) is 18.3 Å². The normalized spacial score (nSPS) is 12.2. The van der Waals surface area contributed by atoms with Crippen LogP contribution in [0.15, 0.2) is 48.7 Å². The van der Waals surface area contributed by atoms with Gasteiger partial charge in [0.25, 0.3) is 0 Å². The van der Waals surface area contributed by atoms with Gasteiger partial charge in [-0.25, -0.2) is 4.39 Å². The first-order valence-corrected chi connectivity index (χ1v) is 8.25. The van der Waals surface area contributed by atoms with Crippen LogP contribution in [-0.4, -0.2) is 35.9 Å². The third-order valence-electron chi connectivity index (χ3n) is 3.82. The highest BCUT2D eigenvalue weighted by Crippen LogP contribution is 2.26. The molecule has 0 saturated carbocycles. The second-order valence-corrected chi connectivity index (χ2v) is 5.83. The molecule has 1 unspecified atom stereocenters. The third-order valence-corrected chi connectivity index (χ3v) is 3.82. The van der Waals surface area contributed by atoms with E-state index >= 15 is 0 Å². The van der Waals surface area contributed by atoms with Gasteiger partial charge in [-0.15, -0.1) is 0 Å². The minimum atomic E-state index is -0.297. The molecule has 1 aromatic carbocycles. The molecule has 0 radical (unpaired) electrons. The van der Waals surface area contributed by atoms with Gasteiger partial charge in [0, 0.05) is 12.7 Å². The number of nitrogens with one attached hydrogen (secondary N) is 1. The van der Waals surface area contributed by atoms with Crippen LogP contribution in [0.5, 0.6) is 0 Å². The van der Waals surface area contributed by atoms with E-state index in [1.807, 2.05) is 36.2 Å². The molecule has 1 aromatic heterocycles. The number of benzene rings is 1. The van der Waals surface area contributed by atoms with Crippen LogP contribution < -0.4 is 5.32 Å². The maximum absolute atomic E-state index is 13.7. The Bertz CT molecular complexity index is 648. The van der Waals surface area contributed by atoms with Gasteiger partial charge in [-0.2, -0.15) is 0 Å². The molecule has 0 fully saturated rings. The Morgan fingerprint density at radius 1 is 1.29 bits per heavy atom. The summed E-state index contributed by atoms with van der Waals surface area (Å²) in [5.74, 6) is -0.336. The Labute approximate surface area is 142 Å². The lowest BCUT2D eigenvalue weighted by Gasteiger charge is -2.27. The minimum absolute atomic E-state index is 0.0386. The van der Waals surface area contributed by atoms with E-state index in [4.69, 9.17) is 0 Å². The molecule has 1 N–H and O–H groups in total. The zero-order chi connectivity index (χ0) is 17.4. The molecular weight excluding hydrogens is 305 g/mol. The number of likely N-dealkylation sites (N-methyl/N-ethyl adjacent to an activating group) is 1. The molecular formula is C19H24FN3O. The average molecular weight is 329 g/mol. The van der Waals surface area contributed by atoms with Crippen molar-refractivity contribution in [1.82, 2.24) is 15.2 Å². The van der Waals surface area contributed by atoms with E-state index in [0.717, 1.165) is 24.1 Å². The van der Waals surface area contributed by atoms with E-state index in [-0.39, 0.29) is 24.3 Å². The number of hydrogen-bond acceptors (Lipinski definition) is 3. The van der Waals surface area contributed by atoms with Gasteiger partial charge in [-0.05, 0) is 43.3 Å². The highest BCUT2D eigenvalue weighted by molar-refractivity contribution is 5.78. The maximum atomic E-state index is 13.7. The Balaban J connectivity index is 2.18. The summed E-state index contributed by atoms with van der Waals surface area (Å²) in [5, 5.41) is 2.91. The smallest absolute Gasteiger partial charge is 0.234 e. The predicted octanol–water partition coefficient (Wildman–Crippen LogP) is 3.16. The summed E-state index contributed by atoms with van der Waals surface area (Å²) in [5.41, 5.74) is 1.56. The van der Waals surface area contributed by atoms with Crippen LogP contribution in [0, 0.1) is 5.82 Å². The SMILES string of the molecule is CCCCNC(=O)CN(C)C(c1cccc(F)c1)c1ccccn1. The van der Waals surface area contributed by atoms with E-state index < -0.39 is 0 Å². The van der Waals surface area contributed by atoms with Crippen LogP contribution in [0.1, 0.15) is 37.1 Å². The largest absolute Gasteiger partial charge is 0.355 e. The lowest BCUT2D eigenvalue weighted by molar-refractivity contribution is -0.122. The van der Waals surface area contributed by atoms with Crippen molar-refractivity contribution in [3.8, 4) is 0 Å². The summed E-state index contributed by atoms with van der Waals surface area (Å²) in [4.78, 5) is 18.4. The number of amides is 1. The van der Waals surface area contributed by atoms with Crippen LogP contribution in [0.2, 0.25) is 0 Å². The predicted molar refractivity (Wildman–Crippen MR) is 93.0 cm³/mol. The number of carbonyl (C=O) groups excluding carboxylic acids is 1. The summed E-state index contributed by atoms with van der Waals surface area (Å²) in [6.07, 6.45) is 3.70. The Kier molecular flexibility index (Phi) is 6.88. The number of nitrogens with zero attached hydrogens (tertiary/aromatic N) is 2. The fraction of sp³-hybridized carbons (Fsp3) is 0.368. The molecule has 24 heavy (non-hydrogen) atoms. The Morgan fingerprint density at radius 3 is 2.79 bits per heavy atom. The molecule has 2 rings (SSSR count). The van der Waals surface area contributed by atoms with Crippen LogP contribution in [0.25, 0.3) is 0 Å². The van der Waals surface area contributed by atoms with Crippen LogP contribution in [0.3, 0.4) is 0 Å². The fourth-order valence-electron chi connectivity index (χ4n) is 2.64. The van der Waals surface area contributed by atoms with Gasteiger partial charge in [-0.3, -0.25) is 14.7 Å². The lowest BCUT2D eigenvalue weighted by Crippen LogP contribution is -2.38. The molecule has 1 amide bonds. The number of hydrogen-bond donors (Lipinski definition) is 1. The number of halogens is 1. The monoisotopic (exact) mass is 329 g/mol. The lowest BCUT2D eigenvalue weighted by atomic mass is 10.0. The fourth-order valence-corrected chi connectivity index (χ4v) is 2.64. The highest BCUT2D eigenvalue weighted by Gasteiger charge is 2.22. The van der Waals surface area contributed by atoms with Crippen molar-refractivity contribution in [2.75, 3.05) is 20.1 Å². The quantitative estimate of drug-likeness (QED) is 0.757. The minimum Gasteiger partial charge on any atom is -0.355 e. The summed E-state index contributed by atoms with van der Waals surface area (Å²) >= 11 is 0. The van der Waals surface area contributed by atoms with Crippen molar-refractivity contribution < 1.29 is 9.18 Å². The van der Waals surface area contributed by atoms with Crippen LogP contribution in [-0.2, 0) is 4.79 Å². The van der Waals surface area contributed by atoms with Crippen molar-refractivity contribution >= 4 is 5.91 Å². The zero-order valence-corrected chi connectivity index (χ0v) is 14.2. The number of aromatic nitrogens is 1. The molecule has 2 aromatic rings. The van der Waals surface area contributed by atoms with Gasteiger partial charge in [-0.1, -0.05) is 31.5 Å². The summed E-state index contributed by atoms with van der Waals surface area (Å²) < 4.78 is 13.7. The molecule has 0 aliphatic heterocycles. The molecule has 0 spiro atoms. The van der Waals surface area contributed by atoms with Crippen molar-refractivity contribution in [1.29, 1.82) is 0 Å². The molecule has 0 saturated heterocycles. The van der Waals surface area contributed by atoms with E-state index in [1.165, 1.54) is 12.1 Å². The average Bonchev–Trinajstić information content (AvgIpc) is 2.56. The number of carbonyl (C=O) groups is 1. The van der Waals surface area contributed by atoms with Gasteiger partial charge >= 0.3 is 0 Å². The van der Waals surface area contributed by atoms with Gasteiger partial charge in [0.1, 0.15) is 5.82 Å². The number of pyridine rings is 1. The van der Waals surface area contributed by atoms with Crippen LogP contribution in [0.4, 0.5) is 4.39 Å². The summed E-state index contributed by atoms with van der Waals surface area (Å²) in [6.45, 7) is 2.98. The topological polar surface area (TPSA) is 45.2 Å². The molecule has 128 valence electrons. The van der Waals surface area contributed by atoms with Crippen molar-refractivity contribution in [2.24, 2.45) is 0 Å². The highest BCUT2D eigenvalue weighted by atomic mass is 19.1. The van der Waals surface area contributed by atoms with Crippen molar-refractivity contribution in [2.45, 2.75) is 25.8 Å². The molecule has 0 bridgehead atoms. The second-order valence-electron chi connectivity index (χ2n) is 5.83. The maximum Gasteiger partial charge on any atom is 0.234 e. The first-order valence-electron chi connectivity index (χ1n) is 8.25. The number of unbranched alkanes of at least 4 members (excludes halogenated alkanes) is 1. The van der Waals surface area contributed by atoms with E-state index in [1.54, 1.807) is 12.3 Å². The van der Waals surface area contributed by atoms with Gasteiger partial charge in [0.2, 0.25) is 5.91 Å². The molecule has 0 aliphatic rings. The van der Waals surface area contributed by atoms with Gasteiger partial charge < -0.3 is 5.32 Å². The van der Waals surface area contributed by atoms with E-state index in [2.05, 4.69) is 17.2 Å². The first-order chi connectivity index (χ1) is 11.6. The van der Waals surface area contributed by atoms with Crippen LogP contribution >= 0.6 is 0 Å². The molecule has 1 heterocycles. The first kappa shape index (κ1) is 18.1. The summed E-state index contributed by atoms with van der Waals surface area (Å²) in [7, 11) is 1.85. The summed E-state index contributed by atoms with van der Waals surface area (Å²) in [6, 6.07) is 11.8. The standard InChI is InChI=1S/C19H24FN3O/c1-3-4-11-22-18(24)14-23(2)19(17-10-5-6-12-21-17)15-8-7-9-16(20)13-15/h5-10,12-13,19H,3-4,11,14H2,1-2H3,(H,22,24). The number of rotatable bonds is 8. The Morgan fingerprint density at radius 2 is 2.12 bits per heavy atom. The van der Waals surface area contributed by atoms with Crippen molar-refractivity contribution in [3.05, 3.63) is 65.7 Å². The molecule has 1 atom stereocenters. The second kappa shape index (κ2) is 9.13. The van der Waals surface area contributed by atoms with Crippen molar-refractivity contribution in [3.63, 3.8) is 0 Å². The molecule has 4 nitrogen and oxygen atoms in total. The third kappa shape index (κ3) is 5.13. The van der Waals surface area contributed by atoms with E-state index in [9.17, 15) is 9.18 Å². The zero-order valence-electron chi connectivity index (χ0n) is 14.2. The Hall–Kier alpha value is -2.27.